The summed E-state index contributed by atoms with van der Waals surface area (Å²) in [5.74, 6) is -1.39. The third-order valence-electron chi connectivity index (χ3n) is 4.20. The van der Waals surface area contributed by atoms with Gasteiger partial charge in [-0.2, -0.15) is 13.2 Å². The fourth-order valence-corrected chi connectivity index (χ4v) is 2.85. The Hall–Kier alpha value is -3.51. The highest BCUT2D eigenvalue weighted by Gasteiger charge is 2.49. The predicted molar refractivity (Wildman–Crippen MR) is 99.9 cm³/mol. The summed E-state index contributed by atoms with van der Waals surface area (Å²) < 4.78 is 59.3. The minimum atomic E-state index is -4.90. The maximum absolute atomic E-state index is 13.5. The summed E-state index contributed by atoms with van der Waals surface area (Å²) >= 11 is 0. The fraction of sp³-hybridized carbons (Fsp3) is 0.474. The molecule has 1 unspecified atom stereocenters. The number of hydrogen-bond donors (Lipinski definition) is 0. The standard InChI is InChI=1S/C19H20F3NO9/c1-10-6-11(2)15-13(7-10)8-14(16(32-15)19(20,21)22)17(24)28-9-29-18(25)31-12(3)4-5-30-23(26)27/h6-8,12,16H,4-5,9H2,1-3H3/t12-,16?/m0/s1. The van der Waals surface area contributed by atoms with Gasteiger partial charge in [0.2, 0.25) is 12.9 Å². The lowest BCUT2D eigenvalue weighted by Gasteiger charge is -2.29. The van der Waals surface area contributed by atoms with E-state index < -0.39 is 48.0 Å². The molecule has 176 valence electrons. The van der Waals surface area contributed by atoms with Gasteiger partial charge < -0.3 is 23.8 Å². The van der Waals surface area contributed by atoms with Crippen molar-refractivity contribution in [1.29, 1.82) is 0 Å². The minimum absolute atomic E-state index is 0.00403. The summed E-state index contributed by atoms with van der Waals surface area (Å²) in [6.45, 7) is 3.37. The zero-order valence-electron chi connectivity index (χ0n) is 17.3. The third kappa shape index (κ3) is 6.75. The van der Waals surface area contributed by atoms with E-state index in [2.05, 4.69) is 14.3 Å². The highest BCUT2D eigenvalue weighted by molar-refractivity contribution is 5.96. The van der Waals surface area contributed by atoms with E-state index >= 15 is 0 Å². The molecule has 32 heavy (non-hydrogen) atoms. The predicted octanol–water partition coefficient (Wildman–Crippen LogP) is 3.65. The Morgan fingerprint density at radius 2 is 1.94 bits per heavy atom. The molecule has 1 aliphatic heterocycles. The highest BCUT2D eigenvalue weighted by Crippen LogP contribution is 2.39. The molecule has 0 N–H and O–H groups in total. The summed E-state index contributed by atoms with van der Waals surface area (Å²) in [6.07, 6.45) is -8.58. The van der Waals surface area contributed by atoms with Crippen LogP contribution >= 0.6 is 0 Å². The normalized spacial score (nSPS) is 16.1. The van der Waals surface area contributed by atoms with Crippen LogP contribution < -0.4 is 4.74 Å². The van der Waals surface area contributed by atoms with Crippen LogP contribution in [0.1, 0.15) is 30.0 Å². The van der Waals surface area contributed by atoms with Crippen LogP contribution in [-0.4, -0.2) is 49.0 Å². The van der Waals surface area contributed by atoms with Crippen LogP contribution in [0.15, 0.2) is 17.7 Å². The lowest BCUT2D eigenvalue weighted by molar-refractivity contribution is -0.758. The molecule has 0 aromatic heterocycles. The van der Waals surface area contributed by atoms with E-state index in [4.69, 9.17) is 9.47 Å². The molecule has 10 nitrogen and oxygen atoms in total. The van der Waals surface area contributed by atoms with Crippen molar-refractivity contribution in [3.05, 3.63) is 44.5 Å². The van der Waals surface area contributed by atoms with Gasteiger partial charge in [-0.05, 0) is 38.5 Å². The molecular weight excluding hydrogens is 443 g/mol. The van der Waals surface area contributed by atoms with E-state index in [1.807, 2.05) is 0 Å². The largest absolute Gasteiger partial charge is 0.511 e. The number of hydrogen-bond acceptors (Lipinski definition) is 9. The van der Waals surface area contributed by atoms with Crippen molar-refractivity contribution < 1.29 is 51.6 Å². The van der Waals surface area contributed by atoms with E-state index in [1.165, 1.54) is 6.92 Å². The highest BCUT2D eigenvalue weighted by atomic mass is 19.4. The lowest BCUT2D eigenvalue weighted by atomic mass is 9.97. The summed E-state index contributed by atoms with van der Waals surface area (Å²) in [7, 11) is 0. The van der Waals surface area contributed by atoms with E-state index in [9.17, 15) is 32.9 Å². The maximum Gasteiger partial charge on any atom is 0.511 e. The molecule has 1 heterocycles. The Bertz CT molecular complexity index is 914. The number of carbonyl (C=O) groups is 2. The van der Waals surface area contributed by atoms with Crippen molar-refractivity contribution in [1.82, 2.24) is 0 Å². The first-order valence-corrected chi connectivity index (χ1v) is 9.22. The Balaban J connectivity index is 1.99. The third-order valence-corrected chi connectivity index (χ3v) is 4.20. The van der Waals surface area contributed by atoms with Crippen molar-refractivity contribution in [3.8, 4) is 5.75 Å². The van der Waals surface area contributed by atoms with Crippen molar-refractivity contribution in [3.63, 3.8) is 0 Å². The average molecular weight is 463 g/mol. The molecule has 2 atom stereocenters. The summed E-state index contributed by atoms with van der Waals surface area (Å²) in [5.41, 5.74) is 0.697. The second-order valence-electron chi connectivity index (χ2n) is 6.86. The number of alkyl halides is 3. The number of halogens is 3. The molecule has 0 aliphatic carbocycles. The maximum atomic E-state index is 13.5. The molecule has 0 saturated carbocycles. The SMILES string of the molecule is Cc1cc(C)c2c(c1)C=C(C(=O)OCOC(=O)O[C@@H](C)CCO[N+](=O)[O-])C(C(F)(F)F)O2. The molecule has 13 heteroatoms. The molecule has 2 rings (SSSR count). The monoisotopic (exact) mass is 463 g/mol. The number of esters is 1. The molecule has 0 amide bonds. The number of nitrogens with zero attached hydrogens (tertiary/aromatic N) is 1. The lowest BCUT2D eigenvalue weighted by Crippen LogP contribution is -2.41. The van der Waals surface area contributed by atoms with Crippen LogP contribution in [0.4, 0.5) is 18.0 Å². The van der Waals surface area contributed by atoms with Crippen molar-refractivity contribution >= 4 is 18.2 Å². The van der Waals surface area contributed by atoms with Gasteiger partial charge in [-0.25, -0.2) is 9.59 Å². The van der Waals surface area contributed by atoms with Crippen LogP contribution in [0.25, 0.3) is 6.08 Å². The zero-order chi connectivity index (χ0) is 24.1. The number of carbonyl (C=O) groups excluding carboxylic acids is 2. The minimum Gasteiger partial charge on any atom is -0.475 e. The van der Waals surface area contributed by atoms with Gasteiger partial charge in [0.15, 0.2) is 0 Å². The van der Waals surface area contributed by atoms with E-state index in [1.54, 1.807) is 26.0 Å². The smallest absolute Gasteiger partial charge is 0.475 e. The number of ether oxygens (including phenoxy) is 4. The number of aryl methyl sites for hydroxylation is 2. The molecule has 1 aliphatic rings. The zero-order valence-corrected chi connectivity index (χ0v) is 17.3. The molecule has 0 bridgehead atoms. The Morgan fingerprint density at radius 3 is 2.56 bits per heavy atom. The quantitative estimate of drug-likeness (QED) is 0.246. The van der Waals surface area contributed by atoms with Gasteiger partial charge in [0, 0.05) is 12.0 Å². The van der Waals surface area contributed by atoms with Crippen LogP contribution in [-0.2, 0) is 23.8 Å². The molecule has 0 spiro atoms. The Labute approximate surface area is 179 Å². The molecule has 1 aromatic carbocycles. The Kier molecular flexibility index (Phi) is 7.89. The van der Waals surface area contributed by atoms with Gasteiger partial charge >= 0.3 is 18.3 Å². The van der Waals surface area contributed by atoms with Gasteiger partial charge in [0.1, 0.15) is 11.9 Å². The number of fused-ring (bicyclic) bond motifs is 1. The van der Waals surface area contributed by atoms with E-state index in [-0.39, 0.29) is 24.3 Å². The molecule has 1 aromatic rings. The van der Waals surface area contributed by atoms with Gasteiger partial charge in [0.25, 0.3) is 5.09 Å². The first-order chi connectivity index (χ1) is 14.9. The van der Waals surface area contributed by atoms with E-state index in [0.717, 1.165) is 11.6 Å². The second kappa shape index (κ2) is 10.2. The van der Waals surface area contributed by atoms with Gasteiger partial charge in [-0.3, -0.25) is 0 Å². The summed E-state index contributed by atoms with van der Waals surface area (Å²) in [4.78, 5) is 37.9. The van der Waals surface area contributed by atoms with E-state index in [0.29, 0.717) is 5.56 Å². The average Bonchev–Trinajstić information content (AvgIpc) is 2.65. The van der Waals surface area contributed by atoms with Crippen molar-refractivity contribution in [2.75, 3.05) is 13.4 Å². The number of benzene rings is 1. The van der Waals surface area contributed by atoms with Crippen molar-refractivity contribution in [2.45, 2.75) is 45.6 Å². The molecule has 0 radical (unpaired) electrons. The number of rotatable bonds is 8. The fourth-order valence-electron chi connectivity index (χ4n) is 2.85. The molecule has 0 fully saturated rings. The topological polar surface area (TPSA) is 123 Å². The molecular formula is C19H20F3NO9. The summed E-state index contributed by atoms with van der Waals surface area (Å²) in [6, 6.07) is 3.20. The van der Waals surface area contributed by atoms with Gasteiger partial charge in [0.05, 0.1) is 12.2 Å². The van der Waals surface area contributed by atoms with Crippen LogP contribution in [0.3, 0.4) is 0 Å². The first kappa shape index (κ1) is 24.8. The van der Waals surface area contributed by atoms with Gasteiger partial charge in [-0.1, -0.05) is 11.6 Å². The van der Waals surface area contributed by atoms with Crippen LogP contribution in [0, 0.1) is 24.0 Å². The van der Waals surface area contributed by atoms with Crippen LogP contribution in [0.2, 0.25) is 0 Å². The van der Waals surface area contributed by atoms with Gasteiger partial charge in [-0.15, -0.1) is 10.1 Å². The first-order valence-electron chi connectivity index (χ1n) is 9.22. The second-order valence-corrected chi connectivity index (χ2v) is 6.86. The summed E-state index contributed by atoms with van der Waals surface area (Å²) in [5, 5.41) is 9.03. The van der Waals surface area contributed by atoms with Crippen LogP contribution in [0.5, 0.6) is 5.75 Å². The van der Waals surface area contributed by atoms with Crippen molar-refractivity contribution in [2.24, 2.45) is 0 Å². The Morgan fingerprint density at radius 1 is 1.25 bits per heavy atom. The molecule has 0 saturated heterocycles.